The van der Waals surface area contributed by atoms with E-state index in [9.17, 15) is 4.39 Å². The minimum absolute atomic E-state index is 0.143. The number of benzene rings is 1. The van der Waals surface area contributed by atoms with Crippen LogP contribution < -0.4 is 11.1 Å². The van der Waals surface area contributed by atoms with Gasteiger partial charge in [0, 0.05) is 17.3 Å². The molecule has 1 fully saturated rings. The minimum Gasteiger partial charge on any atom is -0.382 e. The van der Waals surface area contributed by atoms with Gasteiger partial charge in [0.05, 0.1) is 0 Å². The molecule has 1 aliphatic rings. The molecule has 1 aromatic carbocycles. The second-order valence-corrected chi connectivity index (χ2v) is 4.94. The second-order valence-electron chi connectivity index (χ2n) is 4.94. The normalized spacial score (nSPS) is 24.6. The van der Waals surface area contributed by atoms with Crippen LogP contribution in [-0.2, 0) is 0 Å². The highest BCUT2D eigenvalue weighted by molar-refractivity contribution is 5.51. The Morgan fingerprint density at radius 2 is 2.12 bits per heavy atom. The van der Waals surface area contributed by atoms with Crippen LogP contribution >= 0.6 is 0 Å². The zero-order valence-electron chi connectivity index (χ0n) is 10.4. The summed E-state index contributed by atoms with van der Waals surface area (Å²) in [7, 11) is 0. The summed E-state index contributed by atoms with van der Waals surface area (Å²) in [6.07, 6.45) is 4.82. The molecule has 94 valence electrons. The molecule has 2 atom stereocenters. The first-order chi connectivity index (χ1) is 8.22. The van der Waals surface area contributed by atoms with E-state index >= 15 is 0 Å². The third kappa shape index (κ3) is 2.78. The van der Waals surface area contributed by atoms with E-state index in [0.717, 1.165) is 12.1 Å². The number of nitrogens with two attached hydrogens (primary N) is 1. The Bertz CT molecular complexity index is 378. The van der Waals surface area contributed by atoms with E-state index in [1.165, 1.54) is 25.3 Å². The maximum absolute atomic E-state index is 13.4. The minimum atomic E-state index is -0.143. The van der Waals surface area contributed by atoms with Gasteiger partial charge in [-0.25, -0.2) is 4.39 Å². The van der Waals surface area contributed by atoms with Gasteiger partial charge in [0.25, 0.3) is 0 Å². The van der Waals surface area contributed by atoms with E-state index in [-0.39, 0.29) is 5.82 Å². The highest BCUT2D eigenvalue weighted by atomic mass is 19.1. The van der Waals surface area contributed by atoms with Gasteiger partial charge in [0.2, 0.25) is 0 Å². The van der Waals surface area contributed by atoms with E-state index in [1.54, 1.807) is 6.07 Å². The first-order valence-corrected chi connectivity index (χ1v) is 6.44. The fourth-order valence-electron chi connectivity index (χ4n) is 2.64. The Kier molecular flexibility index (Phi) is 4.00. The van der Waals surface area contributed by atoms with Crippen molar-refractivity contribution in [1.82, 2.24) is 0 Å². The van der Waals surface area contributed by atoms with Crippen LogP contribution in [0.4, 0.5) is 10.1 Å². The fourth-order valence-corrected chi connectivity index (χ4v) is 2.64. The molecular formula is C14H21FN2. The molecule has 0 aromatic heterocycles. The molecule has 0 amide bonds. The van der Waals surface area contributed by atoms with E-state index in [2.05, 4.69) is 5.32 Å². The van der Waals surface area contributed by atoms with Crippen molar-refractivity contribution in [1.29, 1.82) is 0 Å². The number of hydrogen-bond donors (Lipinski definition) is 2. The third-order valence-corrected chi connectivity index (χ3v) is 3.82. The molecular weight excluding hydrogens is 215 g/mol. The summed E-state index contributed by atoms with van der Waals surface area (Å²) in [5, 5.41) is 3.47. The van der Waals surface area contributed by atoms with Crippen LogP contribution in [-0.4, -0.2) is 12.6 Å². The molecule has 3 N–H and O–H groups in total. The molecule has 0 saturated heterocycles. The lowest BCUT2D eigenvalue weighted by atomic mass is 9.84. The molecule has 2 rings (SSSR count). The second kappa shape index (κ2) is 5.50. The van der Waals surface area contributed by atoms with Gasteiger partial charge < -0.3 is 11.1 Å². The van der Waals surface area contributed by atoms with E-state index in [0.29, 0.717) is 24.1 Å². The monoisotopic (exact) mass is 236 g/mol. The average Bonchev–Trinajstić information content (AvgIpc) is 2.35. The van der Waals surface area contributed by atoms with Crippen LogP contribution in [0.2, 0.25) is 0 Å². The summed E-state index contributed by atoms with van der Waals surface area (Å²) in [6, 6.07) is 5.60. The molecule has 0 radical (unpaired) electrons. The third-order valence-electron chi connectivity index (χ3n) is 3.82. The Hall–Kier alpha value is -1.09. The standard InChI is InChI=1S/C14H21FN2/c1-10-12(15)6-4-8-13(10)17-14-7-3-2-5-11(14)9-16/h4,6,8,11,14,17H,2-3,5,7,9,16H2,1H3. The Balaban J connectivity index is 2.11. The zero-order chi connectivity index (χ0) is 12.3. The molecule has 2 unspecified atom stereocenters. The smallest absolute Gasteiger partial charge is 0.128 e. The van der Waals surface area contributed by atoms with E-state index in [1.807, 2.05) is 13.0 Å². The maximum Gasteiger partial charge on any atom is 0.128 e. The molecule has 1 aromatic rings. The Labute approximate surface area is 102 Å². The highest BCUT2D eigenvalue weighted by Crippen LogP contribution is 2.28. The van der Waals surface area contributed by atoms with Crippen LogP contribution in [0.5, 0.6) is 0 Å². The maximum atomic E-state index is 13.4. The van der Waals surface area contributed by atoms with Crippen LogP contribution in [0.25, 0.3) is 0 Å². The van der Waals surface area contributed by atoms with E-state index < -0.39 is 0 Å². The lowest BCUT2D eigenvalue weighted by Crippen LogP contribution is -2.36. The van der Waals surface area contributed by atoms with Crippen LogP contribution in [0, 0.1) is 18.7 Å². The molecule has 0 bridgehead atoms. The molecule has 2 nitrogen and oxygen atoms in total. The van der Waals surface area contributed by atoms with Crippen molar-refractivity contribution in [3.8, 4) is 0 Å². The van der Waals surface area contributed by atoms with Crippen molar-refractivity contribution in [3.63, 3.8) is 0 Å². The highest BCUT2D eigenvalue weighted by Gasteiger charge is 2.24. The fraction of sp³-hybridized carbons (Fsp3) is 0.571. The van der Waals surface area contributed by atoms with Gasteiger partial charge in [-0.3, -0.25) is 0 Å². The van der Waals surface area contributed by atoms with Gasteiger partial charge in [-0.15, -0.1) is 0 Å². The summed E-state index contributed by atoms with van der Waals surface area (Å²) in [4.78, 5) is 0. The van der Waals surface area contributed by atoms with Gasteiger partial charge in [0.15, 0.2) is 0 Å². The molecule has 0 spiro atoms. The van der Waals surface area contributed by atoms with Gasteiger partial charge in [-0.05, 0) is 44.4 Å². The topological polar surface area (TPSA) is 38.0 Å². The number of halogens is 1. The lowest BCUT2D eigenvalue weighted by molar-refractivity contribution is 0.332. The van der Waals surface area contributed by atoms with Gasteiger partial charge in [-0.2, -0.15) is 0 Å². The summed E-state index contributed by atoms with van der Waals surface area (Å²) >= 11 is 0. The first kappa shape index (κ1) is 12.4. The van der Waals surface area contributed by atoms with Crippen molar-refractivity contribution in [2.45, 2.75) is 38.6 Å². The Morgan fingerprint density at radius 1 is 1.35 bits per heavy atom. The predicted octanol–water partition coefficient (Wildman–Crippen LogP) is 3.06. The van der Waals surface area contributed by atoms with Gasteiger partial charge in [-0.1, -0.05) is 18.9 Å². The van der Waals surface area contributed by atoms with Crippen molar-refractivity contribution in [3.05, 3.63) is 29.6 Å². The summed E-state index contributed by atoms with van der Waals surface area (Å²) in [6.45, 7) is 2.53. The van der Waals surface area contributed by atoms with Gasteiger partial charge in [0.1, 0.15) is 5.82 Å². The van der Waals surface area contributed by atoms with Crippen molar-refractivity contribution < 1.29 is 4.39 Å². The van der Waals surface area contributed by atoms with Crippen molar-refractivity contribution >= 4 is 5.69 Å². The number of anilines is 1. The number of nitrogens with one attached hydrogen (secondary N) is 1. The van der Waals surface area contributed by atoms with E-state index in [4.69, 9.17) is 5.73 Å². The summed E-state index contributed by atoms with van der Waals surface area (Å²) in [5.74, 6) is 0.376. The zero-order valence-corrected chi connectivity index (χ0v) is 10.4. The predicted molar refractivity (Wildman–Crippen MR) is 69.6 cm³/mol. The average molecular weight is 236 g/mol. The van der Waals surface area contributed by atoms with Gasteiger partial charge >= 0.3 is 0 Å². The lowest BCUT2D eigenvalue weighted by Gasteiger charge is -2.32. The first-order valence-electron chi connectivity index (χ1n) is 6.44. The molecule has 0 aliphatic heterocycles. The summed E-state index contributed by atoms with van der Waals surface area (Å²) in [5.41, 5.74) is 7.42. The molecule has 3 heteroatoms. The largest absolute Gasteiger partial charge is 0.382 e. The molecule has 1 saturated carbocycles. The number of rotatable bonds is 3. The SMILES string of the molecule is Cc1c(F)cccc1NC1CCCCC1CN. The molecule has 0 heterocycles. The molecule has 1 aliphatic carbocycles. The quantitative estimate of drug-likeness (QED) is 0.846. The van der Waals surface area contributed by atoms with Crippen LogP contribution in [0.15, 0.2) is 18.2 Å². The summed E-state index contributed by atoms with van der Waals surface area (Å²) < 4.78 is 13.4. The van der Waals surface area contributed by atoms with Crippen molar-refractivity contribution in [2.75, 3.05) is 11.9 Å². The Morgan fingerprint density at radius 3 is 2.88 bits per heavy atom. The van der Waals surface area contributed by atoms with Crippen LogP contribution in [0.1, 0.15) is 31.2 Å². The molecule has 17 heavy (non-hydrogen) atoms. The number of hydrogen-bond acceptors (Lipinski definition) is 2. The van der Waals surface area contributed by atoms with Crippen molar-refractivity contribution in [2.24, 2.45) is 11.7 Å². The van der Waals surface area contributed by atoms with Crippen LogP contribution in [0.3, 0.4) is 0 Å².